The van der Waals surface area contributed by atoms with E-state index in [2.05, 4.69) is 9.72 Å². The molecule has 0 atom stereocenters. The van der Waals surface area contributed by atoms with Gasteiger partial charge in [0.15, 0.2) is 0 Å². The van der Waals surface area contributed by atoms with E-state index in [1.165, 1.54) is 0 Å². The van der Waals surface area contributed by atoms with E-state index in [0.29, 0.717) is 69.0 Å². The predicted octanol–water partition coefficient (Wildman–Crippen LogP) is 10.5. The molecule has 0 saturated heterocycles. The van der Waals surface area contributed by atoms with Gasteiger partial charge in [-0.25, -0.2) is 0 Å². The molecule has 60 heavy (non-hydrogen) atoms. The molecule has 7 rings (SSSR count). The second-order valence-electron chi connectivity index (χ2n) is 12.7. The molecule has 15 nitrogen and oxygen atoms in total. The molecule has 18 heteroatoms. The Morgan fingerprint density at radius 1 is 0.367 bits per heavy atom. The minimum absolute atomic E-state index is 0.333. The fraction of sp³-hybridized carbons (Fsp3) is 0.143. The van der Waals surface area contributed by atoms with Crippen LogP contribution in [0.4, 0.5) is 0 Å². The van der Waals surface area contributed by atoms with Crippen LogP contribution in [0.3, 0.4) is 0 Å². The van der Waals surface area contributed by atoms with E-state index in [-0.39, 0.29) is 0 Å². The van der Waals surface area contributed by atoms with Crippen LogP contribution >= 0.6 is 23.7 Å². The first kappa shape index (κ1) is 42.1. The Morgan fingerprint density at radius 2 is 0.633 bits per heavy atom. The first-order valence-electron chi connectivity index (χ1n) is 18.4. The third kappa shape index (κ3) is 10.4. The van der Waals surface area contributed by atoms with Crippen LogP contribution in [-0.4, -0.2) is 42.7 Å². The van der Waals surface area contributed by atoms with Crippen molar-refractivity contribution in [3.05, 3.63) is 146 Å². The van der Waals surface area contributed by atoms with Crippen LogP contribution in [0.5, 0.6) is 69.0 Å². The van der Waals surface area contributed by atoms with E-state index in [4.69, 9.17) is 60.1 Å². The fourth-order valence-electron chi connectivity index (χ4n) is 5.89. The average Bonchev–Trinajstić information content (AvgIpc) is 3.26. The van der Waals surface area contributed by atoms with Crippen molar-refractivity contribution >= 4 is 23.7 Å². The summed E-state index contributed by atoms with van der Waals surface area (Å²) in [5.41, 5.74) is 0. The summed E-state index contributed by atoms with van der Waals surface area (Å²) in [5.74, 6) is 5.22. The maximum atomic E-state index is 7.06. The molecule has 0 fully saturated rings. The second kappa shape index (κ2) is 18.9. The molecule has 0 radical (unpaired) electrons. The van der Waals surface area contributed by atoms with Gasteiger partial charge in [0, 0.05) is 0 Å². The standard InChI is InChI=1S/C42H46N3O12P3/c1-46-31-13-7-19-37(25-31)52-58(53-38-20-8-14-32(26-38)47-2)43-59(54-39-21-9-15-33(27-39)48-3,55-40-22-10-16-34(28-40)49-4)45-60(44-58,56-41-23-11-17-35(29-41)50-5)57-42-24-12-18-36(30-42)51-6/h7-30,43-44,58-59H,1-6H3. The summed E-state index contributed by atoms with van der Waals surface area (Å²) >= 11 is 0. The Hall–Kier alpha value is -6.07. The monoisotopic (exact) mass is 877 g/mol. The third-order valence-electron chi connectivity index (χ3n) is 8.62. The average molecular weight is 878 g/mol. The molecule has 0 unspecified atom stereocenters. The van der Waals surface area contributed by atoms with Gasteiger partial charge in [0.25, 0.3) is 0 Å². The molecule has 0 spiro atoms. The van der Waals surface area contributed by atoms with Gasteiger partial charge in [0.05, 0.1) is 0 Å². The molecular weight excluding hydrogens is 831 g/mol. The van der Waals surface area contributed by atoms with E-state index in [1.807, 2.05) is 0 Å². The number of benzene rings is 6. The molecule has 0 amide bonds. The van der Waals surface area contributed by atoms with E-state index in [9.17, 15) is 0 Å². The summed E-state index contributed by atoms with van der Waals surface area (Å²) in [6.45, 7) is 0. The van der Waals surface area contributed by atoms with Crippen LogP contribution in [-0.2, 0) is 0 Å². The third-order valence-corrected chi connectivity index (χ3v) is 18.6. The molecule has 6 aromatic rings. The van der Waals surface area contributed by atoms with Gasteiger partial charge >= 0.3 is 351 Å². The first-order chi connectivity index (χ1) is 29.2. The van der Waals surface area contributed by atoms with Crippen LogP contribution in [0.1, 0.15) is 0 Å². The van der Waals surface area contributed by atoms with Crippen molar-refractivity contribution in [2.24, 2.45) is 4.52 Å². The molecule has 1 heterocycles. The van der Waals surface area contributed by atoms with Gasteiger partial charge in [-0.1, -0.05) is 0 Å². The molecule has 0 aromatic heterocycles. The number of ether oxygens (including phenoxy) is 6. The molecule has 1 aliphatic heterocycles. The maximum absolute atomic E-state index is 7.06. The van der Waals surface area contributed by atoms with Crippen molar-refractivity contribution < 1.29 is 55.6 Å². The van der Waals surface area contributed by atoms with Crippen molar-refractivity contribution in [3.8, 4) is 69.0 Å². The number of hydrogen-bond acceptors (Lipinski definition) is 15. The van der Waals surface area contributed by atoms with Gasteiger partial charge in [-0.3, -0.25) is 0 Å². The van der Waals surface area contributed by atoms with E-state index < -0.39 is 23.7 Å². The minimum atomic E-state index is -4.52. The Kier molecular flexibility index (Phi) is 13.2. The predicted molar refractivity (Wildman–Crippen MR) is 234 cm³/mol. The number of rotatable bonds is 18. The topological polar surface area (TPSA) is 147 Å². The Bertz CT molecular complexity index is 2310. The number of nitrogens with zero attached hydrogens (tertiary/aromatic N) is 1. The van der Waals surface area contributed by atoms with Crippen molar-refractivity contribution in [2.45, 2.75) is 0 Å². The quantitative estimate of drug-likeness (QED) is 0.0789. The molecule has 0 bridgehead atoms. The van der Waals surface area contributed by atoms with Crippen molar-refractivity contribution in [1.29, 1.82) is 0 Å². The molecule has 316 valence electrons. The van der Waals surface area contributed by atoms with Crippen LogP contribution in [0, 0.1) is 0 Å². The van der Waals surface area contributed by atoms with Gasteiger partial charge in [0.2, 0.25) is 0 Å². The van der Waals surface area contributed by atoms with E-state index >= 15 is 0 Å². The number of hydrogen-bond donors (Lipinski definition) is 2. The Morgan fingerprint density at radius 3 is 0.950 bits per heavy atom. The van der Waals surface area contributed by atoms with Gasteiger partial charge in [0.1, 0.15) is 0 Å². The van der Waals surface area contributed by atoms with Crippen molar-refractivity contribution in [1.82, 2.24) is 9.72 Å². The zero-order valence-electron chi connectivity index (χ0n) is 33.6. The molecule has 1 aliphatic rings. The van der Waals surface area contributed by atoms with Gasteiger partial charge < -0.3 is 0 Å². The van der Waals surface area contributed by atoms with Crippen LogP contribution in [0.15, 0.2) is 150 Å². The normalized spacial score (nSPS) is 15.6. The summed E-state index contributed by atoms with van der Waals surface area (Å²) in [6, 6.07) is 42.3. The van der Waals surface area contributed by atoms with Crippen LogP contribution in [0.25, 0.3) is 0 Å². The Labute approximate surface area is 349 Å². The van der Waals surface area contributed by atoms with Crippen LogP contribution in [0.2, 0.25) is 0 Å². The fourth-order valence-corrected chi connectivity index (χ4v) is 17.4. The van der Waals surface area contributed by atoms with Gasteiger partial charge in [-0.05, 0) is 0 Å². The van der Waals surface area contributed by atoms with Gasteiger partial charge in [-0.2, -0.15) is 0 Å². The molecular formula is C42H46N3O12P3. The summed E-state index contributed by atoms with van der Waals surface area (Å²) in [6.07, 6.45) is 0. The summed E-state index contributed by atoms with van der Waals surface area (Å²) < 4.78 is 81.2. The summed E-state index contributed by atoms with van der Waals surface area (Å²) in [4.78, 5) is 7.10. The van der Waals surface area contributed by atoms with E-state index in [0.717, 1.165) is 0 Å². The Balaban J connectivity index is 1.54. The molecule has 2 N–H and O–H groups in total. The second-order valence-corrected chi connectivity index (χ2v) is 20.0. The van der Waals surface area contributed by atoms with Crippen molar-refractivity contribution in [3.63, 3.8) is 0 Å². The zero-order valence-corrected chi connectivity index (χ0v) is 36.5. The molecule has 0 saturated carbocycles. The van der Waals surface area contributed by atoms with E-state index in [1.54, 1.807) is 188 Å². The molecule has 6 aromatic carbocycles. The SMILES string of the molecule is COc1cccc(OP2(Oc3cccc(OC)c3)=N[PH](Oc3cccc(OC)c3)(Oc3cccc(OC)c3)N[PH](Oc3cccc(OC)c3)(Oc3cccc(OC)c3)N2)c1. The first-order valence-corrected chi connectivity index (χ1v) is 23.6. The number of methoxy groups -OCH3 is 6. The van der Waals surface area contributed by atoms with Crippen molar-refractivity contribution in [2.75, 3.05) is 42.7 Å². The summed E-state index contributed by atoms with van der Waals surface area (Å²) in [5, 5.41) is 0. The zero-order chi connectivity index (χ0) is 42.0. The summed E-state index contributed by atoms with van der Waals surface area (Å²) in [7, 11) is -3.62. The molecule has 0 aliphatic carbocycles. The van der Waals surface area contributed by atoms with Gasteiger partial charge in [-0.15, -0.1) is 0 Å². The van der Waals surface area contributed by atoms with Crippen LogP contribution < -0.4 is 65.3 Å². The number of nitrogens with one attached hydrogen (secondary N) is 2.